The molecule has 0 radical (unpaired) electrons. The lowest BCUT2D eigenvalue weighted by Gasteiger charge is -2.18. The summed E-state index contributed by atoms with van der Waals surface area (Å²) in [6.07, 6.45) is -7.92. The van der Waals surface area contributed by atoms with E-state index in [1.54, 1.807) is 0 Å². The van der Waals surface area contributed by atoms with Crippen LogP contribution in [0, 0.1) is 0 Å². The van der Waals surface area contributed by atoms with Gasteiger partial charge in [0.25, 0.3) is 0 Å². The van der Waals surface area contributed by atoms with Gasteiger partial charge in [0.15, 0.2) is 11.7 Å². The van der Waals surface area contributed by atoms with Crippen molar-refractivity contribution in [1.29, 1.82) is 0 Å². The Labute approximate surface area is 157 Å². The normalized spacial score (nSPS) is 13.3. The van der Waals surface area contributed by atoms with Crippen molar-refractivity contribution in [3.8, 4) is 0 Å². The molecule has 1 aromatic rings. The molecule has 27 heavy (non-hydrogen) atoms. The van der Waals surface area contributed by atoms with E-state index in [-0.39, 0.29) is 6.54 Å². The van der Waals surface area contributed by atoms with Gasteiger partial charge in [0.2, 0.25) is 0 Å². The van der Waals surface area contributed by atoms with Crippen LogP contribution in [0.5, 0.6) is 0 Å². The average Bonchev–Trinajstić information content (AvgIpc) is 2.99. The summed E-state index contributed by atoms with van der Waals surface area (Å²) in [6.45, 7) is 2.38. The van der Waals surface area contributed by atoms with Crippen molar-refractivity contribution in [2.45, 2.75) is 32.1 Å². The Hall–Kier alpha value is -1.56. The number of aliphatic imine (C=N–C) groups is 1. The first kappa shape index (κ1) is 23.5. The molecule has 0 aromatic carbocycles. The Morgan fingerprint density at radius 3 is 2.48 bits per heavy atom. The number of nitrogens with one attached hydrogen (secondary N) is 2. The third-order valence-corrected chi connectivity index (χ3v) is 4.14. The molecular weight excluding hydrogens is 396 g/mol. The molecule has 0 spiro atoms. The van der Waals surface area contributed by atoms with E-state index < -0.39 is 24.6 Å². The average molecular weight is 419 g/mol. The highest BCUT2D eigenvalue weighted by Gasteiger charge is 2.33. The minimum absolute atomic E-state index is 0.252. The quantitative estimate of drug-likeness (QED) is 0.280. The van der Waals surface area contributed by atoms with Gasteiger partial charge in [-0.15, -0.1) is 11.3 Å². The minimum atomic E-state index is -4.45. The monoisotopic (exact) mass is 419 g/mol. The van der Waals surface area contributed by atoms with Gasteiger partial charge in [0.1, 0.15) is 0 Å². The van der Waals surface area contributed by atoms with Crippen LogP contribution < -0.4 is 10.6 Å². The van der Waals surface area contributed by atoms with Crippen molar-refractivity contribution in [2.24, 2.45) is 4.99 Å². The predicted molar refractivity (Wildman–Crippen MR) is 93.0 cm³/mol. The molecule has 0 aliphatic rings. The molecule has 0 atom stereocenters. The van der Waals surface area contributed by atoms with Crippen molar-refractivity contribution in [3.63, 3.8) is 0 Å². The maximum absolute atomic E-state index is 12.5. The van der Waals surface area contributed by atoms with Crippen molar-refractivity contribution in [1.82, 2.24) is 20.5 Å². The first-order chi connectivity index (χ1) is 12.5. The Morgan fingerprint density at radius 2 is 1.93 bits per heavy atom. The van der Waals surface area contributed by atoms with Crippen molar-refractivity contribution in [2.75, 3.05) is 39.8 Å². The van der Waals surface area contributed by atoms with Gasteiger partial charge in [0.05, 0.1) is 11.6 Å². The van der Waals surface area contributed by atoms with Crippen LogP contribution in [0.2, 0.25) is 0 Å². The smallest absolute Gasteiger partial charge is 0.357 e. The topological polar surface area (TPSA) is 52.6 Å². The summed E-state index contributed by atoms with van der Waals surface area (Å²) in [5.74, 6) is 0.462. The molecule has 0 fully saturated rings. The van der Waals surface area contributed by atoms with Crippen LogP contribution in [-0.4, -0.2) is 61.8 Å². The van der Waals surface area contributed by atoms with Gasteiger partial charge >= 0.3 is 12.4 Å². The number of alkyl halides is 6. The summed E-state index contributed by atoms with van der Waals surface area (Å²) >= 11 is 0.942. The predicted octanol–water partition coefficient (Wildman–Crippen LogP) is 3.14. The molecule has 2 N–H and O–H groups in total. The molecule has 1 heterocycles. The molecule has 0 bridgehead atoms. The largest absolute Gasteiger partial charge is 0.434 e. The molecular formula is C15H23F6N5S. The number of hydrogen-bond acceptors (Lipinski definition) is 4. The van der Waals surface area contributed by atoms with Gasteiger partial charge in [-0.2, -0.15) is 26.3 Å². The van der Waals surface area contributed by atoms with E-state index >= 15 is 0 Å². The van der Waals surface area contributed by atoms with E-state index in [1.165, 1.54) is 11.9 Å². The van der Waals surface area contributed by atoms with Gasteiger partial charge < -0.3 is 10.6 Å². The molecule has 1 rings (SSSR count). The van der Waals surface area contributed by atoms with E-state index in [1.807, 2.05) is 6.92 Å². The van der Waals surface area contributed by atoms with Gasteiger partial charge in [-0.3, -0.25) is 9.89 Å². The zero-order chi connectivity index (χ0) is 20.5. The lowest BCUT2D eigenvalue weighted by molar-refractivity contribution is -0.143. The first-order valence-electron chi connectivity index (χ1n) is 8.30. The fraction of sp³-hybridized carbons (Fsp3) is 0.733. The molecule has 0 amide bonds. The summed E-state index contributed by atoms with van der Waals surface area (Å²) < 4.78 is 74.2. The number of nitrogens with zero attached hydrogens (tertiary/aromatic N) is 3. The van der Waals surface area contributed by atoms with Gasteiger partial charge in [-0.25, -0.2) is 4.98 Å². The van der Waals surface area contributed by atoms with E-state index in [0.717, 1.165) is 16.7 Å². The number of hydrogen-bond donors (Lipinski definition) is 2. The van der Waals surface area contributed by atoms with Crippen molar-refractivity contribution in [3.05, 3.63) is 16.1 Å². The first-order valence-corrected chi connectivity index (χ1v) is 9.18. The van der Waals surface area contributed by atoms with Gasteiger partial charge in [0, 0.05) is 31.4 Å². The third kappa shape index (κ3) is 10.4. The minimum Gasteiger partial charge on any atom is -0.357 e. The van der Waals surface area contributed by atoms with E-state index in [0.29, 0.717) is 43.4 Å². The molecule has 0 aliphatic carbocycles. The second kappa shape index (κ2) is 10.7. The van der Waals surface area contributed by atoms with E-state index in [9.17, 15) is 26.3 Å². The molecule has 12 heteroatoms. The Balaban J connectivity index is 2.38. The zero-order valence-electron chi connectivity index (χ0n) is 15.0. The molecule has 156 valence electrons. The summed E-state index contributed by atoms with van der Waals surface area (Å²) in [5, 5.41) is 7.29. The highest BCUT2D eigenvalue weighted by Crippen LogP contribution is 2.29. The number of halogens is 6. The number of rotatable bonds is 9. The molecule has 0 saturated heterocycles. The lowest BCUT2D eigenvalue weighted by atomic mass is 10.4. The fourth-order valence-electron chi connectivity index (χ4n) is 2.10. The summed E-state index contributed by atoms with van der Waals surface area (Å²) in [4.78, 5) is 8.97. The van der Waals surface area contributed by atoms with Crippen LogP contribution >= 0.6 is 11.3 Å². The van der Waals surface area contributed by atoms with E-state index in [2.05, 4.69) is 20.6 Å². The summed E-state index contributed by atoms with van der Waals surface area (Å²) in [7, 11) is 1.39. The van der Waals surface area contributed by atoms with Crippen LogP contribution in [0.3, 0.4) is 0 Å². The van der Waals surface area contributed by atoms with Crippen molar-refractivity contribution < 1.29 is 26.3 Å². The Bertz CT molecular complexity index is 584. The maximum atomic E-state index is 12.5. The highest BCUT2D eigenvalue weighted by molar-refractivity contribution is 7.09. The SMILES string of the molecule is CCNC(=NCCCN(C)CC(F)(F)F)NCCc1nc(C(F)(F)F)cs1. The van der Waals surface area contributed by atoms with E-state index in [4.69, 9.17) is 0 Å². The molecule has 1 aromatic heterocycles. The number of guanidine groups is 1. The second-order valence-corrected chi connectivity index (χ2v) is 6.71. The molecule has 0 saturated carbocycles. The second-order valence-electron chi connectivity index (χ2n) is 5.77. The number of thiazole rings is 1. The maximum Gasteiger partial charge on any atom is 0.434 e. The van der Waals surface area contributed by atoms with Crippen LogP contribution in [0.1, 0.15) is 24.0 Å². The van der Waals surface area contributed by atoms with Crippen LogP contribution in [0.15, 0.2) is 10.4 Å². The highest BCUT2D eigenvalue weighted by atomic mass is 32.1. The standard InChI is InChI=1S/C15H23F6N5S/c1-3-22-13(23-6-4-8-26(2)10-14(16,17)18)24-7-5-12-25-11(9-27-12)15(19,20)21/h9H,3-8,10H2,1-2H3,(H2,22,23,24). The Morgan fingerprint density at radius 1 is 1.22 bits per heavy atom. The van der Waals surface area contributed by atoms with Crippen LogP contribution in [0.4, 0.5) is 26.3 Å². The lowest BCUT2D eigenvalue weighted by Crippen LogP contribution is -2.38. The fourth-order valence-corrected chi connectivity index (χ4v) is 2.91. The molecule has 0 aliphatic heterocycles. The summed E-state index contributed by atoms with van der Waals surface area (Å²) in [6, 6.07) is 0. The van der Waals surface area contributed by atoms with Crippen molar-refractivity contribution >= 4 is 17.3 Å². The van der Waals surface area contributed by atoms with Gasteiger partial charge in [-0.1, -0.05) is 0 Å². The molecule has 0 unspecified atom stereocenters. The third-order valence-electron chi connectivity index (χ3n) is 3.23. The van der Waals surface area contributed by atoms with Gasteiger partial charge in [-0.05, 0) is 26.9 Å². The molecule has 5 nitrogen and oxygen atoms in total. The number of aromatic nitrogens is 1. The summed E-state index contributed by atoms with van der Waals surface area (Å²) in [5.41, 5.74) is -0.897. The van der Waals surface area contributed by atoms with Crippen LogP contribution in [-0.2, 0) is 12.6 Å². The Kier molecular flexibility index (Phi) is 9.30. The van der Waals surface area contributed by atoms with Crippen LogP contribution in [0.25, 0.3) is 0 Å². The zero-order valence-corrected chi connectivity index (χ0v) is 15.9.